The summed E-state index contributed by atoms with van der Waals surface area (Å²) in [5.41, 5.74) is 1.53. The molecule has 1 aromatic rings. The molecule has 1 nitrogen and oxygen atoms in total. The molecule has 0 atom stereocenters. The molecule has 12 heavy (non-hydrogen) atoms. The normalized spacial score (nSPS) is 10.5. The average molecular weight is 183 g/mol. The topological polar surface area (TPSA) is 12.0 Å². The molecule has 0 saturated heterocycles. The molecule has 0 spiro atoms. The number of nitrogens with one attached hydrogen (secondary N) is 1. The van der Waals surface area contributed by atoms with Gasteiger partial charge in [0.25, 0.3) is 0 Å². The van der Waals surface area contributed by atoms with E-state index in [2.05, 4.69) is 30.6 Å². The van der Waals surface area contributed by atoms with Gasteiger partial charge in [0.2, 0.25) is 0 Å². The third-order valence-corrected chi connectivity index (χ3v) is 2.90. The molecular weight excluding hydrogens is 166 g/mol. The summed E-state index contributed by atoms with van der Waals surface area (Å²) >= 11 is 1.85. The Morgan fingerprint density at radius 1 is 1.50 bits per heavy atom. The van der Waals surface area contributed by atoms with Crippen LogP contribution in [0.2, 0.25) is 0 Å². The SMILES string of the molecule is CCNCCCc1ccsc1C. The first-order valence-electron chi connectivity index (χ1n) is 4.58. The summed E-state index contributed by atoms with van der Waals surface area (Å²) in [6, 6.07) is 2.24. The van der Waals surface area contributed by atoms with E-state index < -0.39 is 0 Å². The van der Waals surface area contributed by atoms with E-state index in [4.69, 9.17) is 0 Å². The zero-order valence-corrected chi connectivity index (χ0v) is 8.71. The van der Waals surface area contributed by atoms with Crippen LogP contribution in [0.4, 0.5) is 0 Å². The van der Waals surface area contributed by atoms with Crippen LogP contribution in [0.1, 0.15) is 23.8 Å². The first-order valence-corrected chi connectivity index (χ1v) is 5.46. The highest BCUT2D eigenvalue weighted by Gasteiger charge is 1.97. The molecule has 0 aliphatic carbocycles. The van der Waals surface area contributed by atoms with Crippen LogP contribution in [0.5, 0.6) is 0 Å². The molecule has 1 aromatic heterocycles. The largest absolute Gasteiger partial charge is 0.317 e. The van der Waals surface area contributed by atoms with Crippen molar-refractivity contribution in [1.82, 2.24) is 5.32 Å². The van der Waals surface area contributed by atoms with Gasteiger partial charge >= 0.3 is 0 Å². The maximum absolute atomic E-state index is 3.33. The van der Waals surface area contributed by atoms with Gasteiger partial charge in [-0.1, -0.05) is 6.92 Å². The molecule has 0 saturated carbocycles. The number of hydrogen-bond donors (Lipinski definition) is 1. The van der Waals surface area contributed by atoms with Crippen LogP contribution in [0, 0.1) is 6.92 Å². The minimum Gasteiger partial charge on any atom is -0.317 e. The molecule has 0 unspecified atom stereocenters. The summed E-state index contributed by atoms with van der Waals surface area (Å²) < 4.78 is 0. The van der Waals surface area contributed by atoms with Crippen molar-refractivity contribution in [2.24, 2.45) is 0 Å². The van der Waals surface area contributed by atoms with Crippen LogP contribution in [0.25, 0.3) is 0 Å². The van der Waals surface area contributed by atoms with Crippen molar-refractivity contribution >= 4 is 11.3 Å². The molecule has 1 N–H and O–H groups in total. The minimum atomic E-state index is 1.09. The predicted octanol–water partition coefficient (Wildman–Crippen LogP) is 2.60. The van der Waals surface area contributed by atoms with Crippen molar-refractivity contribution in [3.05, 3.63) is 21.9 Å². The van der Waals surface area contributed by atoms with Crippen molar-refractivity contribution in [2.75, 3.05) is 13.1 Å². The third kappa shape index (κ3) is 2.95. The fourth-order valence-corrected chi connectivity index (χ4v) is 2.01. The van der Waals surface area contributed by atoms with Crippen molar-refractivity contribution in [3.63, 3.8) is 0 Å². The molecule has 0 aliphatic heterocycles. The highest BCUT2D eigenvalue weighted by Crippen LogP contribution is 2.16. The maximum Gasteiger partial charge on any atom is 0.00461 e. The minimum absolute atomic E-state index is 1.09. The molecule has 1 rings (SSSR count). The summed E-state index contributed by atoms with van der Waals surface area (Å²) in [5.74, 6) is 0. The predicted molar refractivity (Wildman–Crippen MR) is 55.9 cm³/mol. The zero-order chi connectivity index (χ0) is 8.81. The van der Waals surface area contributed by atoms with Gasteiger partial charge in [-0.2, -0.15) is 0 Å². The molecule has 2 heteroatoms. The molecule has 0 bridgehead atoms. The zero-order valence-electron chi connectivity index (χ0n) is 7.89. The van der Waals surface area contributed by atoms with Gasteiger partial charge in [0.1, 0.15) is 0 Å². The summed E-state index contributed by atoms with van der Waals surface area (Å²) in [6.45, 7) is 6.58. The van der Waals surface area contributed by atoms with Crippen molar-refractivity contribution in [3.8, 4) is 0 Å². The standard InChI is InChI=1S/C10H17NS/c1-3-11-7-4-5-10-6-8-12-9(10)2/h6,8,11H,3-5,7H2,1-2H3. The second-order valence-electron chi connectivity index (χ2n) is 2.96. The van der Waals surface area contributed by atoms with Gasteiger partial charge in [-0.05, 0) is 49.9 Å². The van der Waals surface area contributed by atoms with E-state index in [9.17, 15) is 0 Å². The van der Waals surface area contributed by atoms with Gasteiger partial charge in [0.05, 0.1) is 0 Å². The van der Waals surface area contributed by atoms with Crippen molar-refractivity contribution in [1.29, 1.82) is 0 Å². The monoisotopic (exact) mass is 183 g/mol. The Morgan fingerprint density at radius 2 is 2.33 bits per heavy atom. The summed E-state index contributed by atoms with van der Waals surface area (Å²) in [4.78, 5) is 1.48. The van der Waals surface area contributed by atoms with Crippen LogP contribution in [-0.2, 0) is 6.42 Å². The highest BCUT2D eigenvalue weighted by atomic mass is 32.1. The molecule has 0 fully saturated rings. The second-order valence-corrected chi connectivity index (χ2v) is 4.08. The van der Waals surface area contributed by atoms with Crippen LogP contribution in [0.15, 0.2) is 11.4 Å². The lowest BCUT2D eigenvalue weighted by molar-refractivity contribution is 0.672. The van der Waals surface area contributed by atoms with E-state index in [1.165, 1.54) is 23.3 Å². The number of aryl methyl sites for hydroxylation is 2. The molecule has 1 heterocycles. The van der Waals surface area contributed by atoms with E-state index in [-0.39, 0.29) is 0 Å². The first kappa shape index (κ1) is 9.75. The van der Waals surface area contributed by atoms with Crippen LogP contribution >= 0.6 is 11.3 Å². The lowest BCUT2D eigenvalue weighted by Gasteiger charge is -2.00. The van der Waals surface area contributed by atoms with Gasteiger partial charge in [-0.25, -0.2) is 0 Å². The van der Waals surface area contributed by atoms with Crippen LogP contribution in [0.3, 0.4) is 0 Å². The smallest absolute Gasteiger partial charge is 0.00461 e. The van der Waals surface area contributed by atoms with Gasteiger partial charge in [-0.3, -0.25) is 0 Å². The first-order chi connectivity index (χ1) is 5.84. The van der Waals surface area contributed by atoms with Gasteiger partial charge in [-0.15, -0.1) is 11.3 Å². The fourth-order valence-electron chi connectivity index (χ4n) is 1.25. The average Bonchev–Trinajstić information content (AvgIpc) is 2.46. The van der Waals surface area contributed by atoms with Gasteiger partial charge in [0, 0.05) is 4.88 Å². The van der Waals surface area contributed by atoms with Crippen LogP contribution in [-0.4, -0.2) is 13.1 Å². The molecular formula is C10H17NS. The van der Waals surface area contributed by atoms with E-state index in [0.717, 1.165) is 13.1 Å². The Bertz CT molecular complexity index is 217. The highest BCUT2D eigenvalue weighted by molar-refractivity contribution is 7.10. The number of hydrogen-bond acceptors (Lipinski definition) is 2. The molecule has 68 valence electrons. The number of thiophene rings is 1. The Labute approximate surface area is 78.8 Å². The van der Waals surface area contributed by atoms with Crippen molar-refractivity contribution in [2.45, 2.75) is 26.7 Å². The van der Waals surface area contributed by atoms with Gasteiger partial charge in [0.15, 0.2) is 0 Å². The van der Waals surface area contributed by atoms with Crippen molar-refractivity contribution < 1.29 is 0 Å². The van der Waals surface area contributed by atoms with E-state index in [1.807, 2.05) is 11.3 Å². The van der Waals surface area contributed by atoms with E-state index in [0.29, 0.717) is 0 Å². The van der Waals surface area contributed by atoms with E-state index in [1.54, 1.807) is 0 Å². The van der Waals surface area contributed by atoms with E-state index >= 15 is 0 Å². The Kier molecular flexibility index (Phi) is 4.33. The molecule has 0 amide bonds. The molecule has 0 aromatic carbocycles. The Balaban J connectivity index is 2.20. The quantitative estimate of drug-likeness (QED) is 0.692. The van der Waals surface area contributed by atoms with Gasteiger partial charge < -0.3 is 5.32 Å². The lowest BCUT2D eigenvalue weighted by Crippen LogP contribution is -2.14. The second kappa shape index (κ2) is 5.33. The van der Waals surface area contributed by atoms with Crippen LogP contribution < -0.4 is 5.32 Å². The summed E-state index contributed by atoms with van der Waals surface area (Å²) in [7, 11) is 0. The Morgan fingerprint density at radius 3 is 2.92 bits per heavy atom. The lowest BCUT2D eigenvalue weighted by atomic mass is 10.1. The fraction of sp³-hybridized carbons (Fsp3) is 0.600. The summed E-state index contributed by atoms with van der Waals surface area (Å²) in [5, 5.41) is 5.51. The Hall–Kier alpha value is -0.340. The number of rotatable bonds is 5. The maximum atomic E-state index is 3.33. The summed E-state index contributed by atoms with van der Waals surface area (Å²) in [6.07, 6.45) is 2.48. The molecule has 0 radical (unpaired) electrons. The third-order valence-electron chi connectivity index (χ3n) is 2.02. The molecule has 0 aliphatic rings.